The number of benzene rings is 2. The van der Waals surface area contributed by atoms with Gasteiger partial charge >= 0.3 is 0 Å². The number of rotatable bonds is 7. The summed E-state index contributed by atoms with van der Waals surface area (Å²) in [5.74, 6) is 1.33. The molecular weight excluding hydrogens is 374 g/mol. The number of hydrogen-bond acceptors (Lipinski definition) is 5. The molecule has 1 atom stereocenters. The predicted molar refractivity (Wildman–Crippen MR) is 109 cm³/mol. The van der Waals surface area contributed by atoms with Gasteiger partial charge in [0.2, 0.25) is 5.91 Å². The lowest BCUT2D eigenvalue weighted by atomic mass is 10.1. The first kappa shape index (κ1) is 18.3. The maximum Gasteiger partial charge on any atom is 0.286 e. The Hall–Kier alpha value is -3.06. The number of aromatic nitrogens is 2. The number of ether oxygens (including phenoxy) is 1. The highest BCUT2D eigenvalue weighted by atomic mass is 32.2. The number of carbonyl (C=O) groups is 2. The van der Waals surface area contributed by atoms with Crippen LogP contribution in [0.4, 0.5) is 4.79 Å². The molecule has 0 bridgehead atoms. The van der Waals surface area contributed by atoms with Crippen LogP contribution in [0.3, 0.4) is 0 Å². The minimum Gasteiger partial charge on any atom is -0.486 e. The van der Waals surface area contributed by atoms with Crippen LogP contribution >= 0.6 is 11.8 Å². The fourth-order valence-electron chi connectivity index (χ4n) is 3.18. The molecule has 3 aromatic rings. The molecular formula is C21H19N3O3S. The third-order valence-electron chi connectivity index (χ3n) is 4.52. The van der Waals surface area contributed by atoms with E-state index in [9.17, 15) is 9.59 Å². The summed E-state index contributed by atoms with van der Waals surface area (Å²) < 4.78 is 8.00. The van der Waals surface area contributed by atoms with Crippen molar-refractivity contribution < 1.29 is 14.3 Å². The van der Waals surface area contributed by atoms with Crippen LogP contribution in [0.5, 0.6) is 5.75 Å². The fourth-order valence-corrected chi connectivity index (χ4v) is 4.04. The minimum absolute atomic E-state index is 0.226. The second-order valence-corrected chi connectivity index (χ2v) is 7.61. The number of nitrogens with one attached hydrogen (secondary N) is 1. The average Bonchev–Trinajstić information content (AvgIpc) is 3.20. The van der Waals surface area contributed by atoms with E-state index in [4.69, 9.17) is 4.74 Å². The molecule has 1 saturated heterocycles. The lowest BCUT2D eigenvalue weighted by Gasteiger charge is -2.10. The Balaban J connectivity index is 1.43. The van der Waals surface area contributed by atoms with Gasteiger partial charge in [-0.25, -0.2) is 4.98 Å². The first-order valence-corrected chi connectivity index (χ1v) is 9.80. The van der Waals surface area contributed by atoms with E-state index in [1.807, 2.05) is 54.6 Å². The van der Waals surface area contributed by atoms with Gasteiger partial charge < -0.3 is 9.30 Å². The number of thioether (sulfide) groups is 1. The van der Waals surface area contributed by atoms with Gasteiger partial charge in [0.05, 0.1) is 16.3 Å². The Morgan fingerprint density at radius 2 is 1.96 bits per heavy atom. The number of nitrogens with zero attached hydrogens (tertiary/aromatic N) is 2. The normalized spacial score (nSPS) is 16.4. The van der Waals surface area contributed by atoms with Crippen LogP contribution < -0.4 is 10.1 Å². The Morgan fingerprint density at radius 1 is 1.18 bits per heavy atom. The maximum atomic E-state index is 11.7. The summed E-state index contributed by atoms with van der Waals surface area (Å²) in [6, 6.07) is 15.5. The molecule has 2 heterocycles. The molecule has 0 saturated carbocycles. The Labute approximate surface area is 166 Å². The summed E-state index contributed by atoms with van der Waals surface area (Å²) in [7, 11) is 0. The zero-order valence-corrected chi connectivity index (χ0v) is 15.9. The van der Waals surface area contributed by atoms with Gasteiger partial charge in [-0.1, -0.05) is 42.1 Å². The van der Waals surface area contributed by atoms with Crippen molar-refractivity contribution in [3.63, 3.8) is 0 Å². The molecule has 1 aliphatic heterocycles. The second-order valence-electron chi connectivity index (χ2n) is 6.44. The van der Waals surface area contributed by atoms with E-state index in [2.05, 4.69) is 21.4 Å². The molecule has 28 heavy (non-hydrogen) atoms. The summed E-state index contributed by atoms with van der Waals surface area (Å²) >= 11 is 1.04. The predicted octanol–water partition coefficient (Wildman–Crippen LogP) is 3.70. The van der Waals surface area contributed by atoms with E-state index < -0.39 is 0 Å². The SMILES string of the molecule is C=CCn1c(COc2ccc(CC3SC(=O)NC3=O)cc2)nc2ccccc21. The van der Waals surface area contributed by atoms with Gasteiger partial charge in [-0.05, 0) is 36.2 Å². The largest absolute Gasteiger partial charge is 0.486 e. The Bertz CT molecular complexity index is 1040. The van der Waals surface area contributed by atoms with Crippen molar-refractivity contribution in [1.82, 2.24) is 14.9 Å². The molecule has 1 N–H and O–H groups in total. The van der Waals surface area contributed by atoms with Crippen molar-refractivity contribution in [1.29, 1.82) is 0 Å². The minimum atomic E-state index is -0.363. The third kappa shape index (κ3) is 3.80. The van der Waals surface area contributed by atoms with Crippen LogP contribution in [0.1, 0.15) is 11.4 Å². The lowest BCUT2D eigenvalue weighted by Crippen LogP contribution is -2.25. The molecule has 2 amide bonds. The highest BCUT2D eigenvalue weighted by molar-refractivity contribution is 8.15. The van der Waals surface area contributed by atoms with E-state index in [1.165, 1.54) is 0 Å². The van der Waals surface area contributed by atoms with Gasteiger partial charge in [0.15, 0.2) is 0 Å². The molecule has 6 nitrogen and oxygen atoms in total. The molecule has 0 aliphatic carbocycles. The number of hydrogen-bond donors (Lipinski definition) is 1. The zero-order chi connectivity index (χ0) is 19.5. The fraction of sp³-hybridized carbons (Fsp3) is 0.190. The average molecular weight is 393 g/mol. The number of imidazole rings is 1. The van der Waals surface area contributed by atoms with Gasteiger partial charge in [0.25, 0.3) is 5.24 Å². The van der Waals surface area contributed by atoms with Crippen LogP contribution in [0.2, 0.25) is 0 Å². The van der Waals surface area contributed by atoms with Crippen molar-refractivity contribution in [2.24, 2.45) is 0 Å². The van der Waals surface area contributed by atoms with E-state index in [1.54, 1.807) is 0 Å². The van der Waals surface area contributed by atoms with Gasteiger partial charge in [-0.15, -0.1) is 6.58 Å². The molecule has 0 radical (unpaired) electrons. The summed E-state index contributed by atoms with van der Waals surface area (Å²) in [5.41, 5.74) is 2.96. The van der Waals surface area contributed by atoms with Gasteiger partial charge in [-0.3, -0.25) is 14.9 Å². The van der Waals surface area contributed by atoms with Crippen molar-refractivity contribution in [2.45, 2.75) is 24.8 Å². The number of carbonyl (C=O) groups excluding carboxylic acids is 2. The monoisotopic (exact) mass is 393 g/mol. The highest BCUT2D eigenvalue weighted by Crippen LogP contribution is 2.24. The second kappa shape index (κ2) is 7.90. The molecule has 7 heteroatoms. The van der Waals surface area contributed by atoms with Crippen molar-refractivity contribution in [3.05, 3.63) is 72.6 Å². The van der Waals surface area contributed by atoms with Gasteiger partial charge in [0, 0.05) is 6.54 Å². The number of amides is 2. The van der Waals surface area contributed by atoms with E-state index in [0.717, 1.165) is 39.9 Å². The van der Waals surface area contributed by atoms with Crippen LogP contribution in [0.15, 0.2) is 61.2 Å². The maximum absolute atomic E-state index is 11.7. The standard InChI is InChI=1S/C21H19N3O3S/c1-2-11-24-17-6-4-3-5-16(17)22-19(24)13-27-15-9-7-14(8-10-15)12-18-20(25)23-21(26)28-18/h2-10,18H,1,11-13H2,(H,23,25,26). The smallest absolute Gasteiger partial charge is 0.286 e. The van der Waals surface area contributed by atoms with Crippen LogP contribution in [-0.2, 0) is 24.4 Å². The Morgan fingerprint density at radius 3 is 2.68 bits per heavy atom. The first-order chi connectivity index (χ1) is 13.6. The summed E-state index contributed by atoms with van der Waals surface area (Å²) in [4.78, 5) is 27.6. The first-order valence-electron chi connectivity index (χ1n) is 8.92. The molecule has 1 unspecified atom stereocenters. The van der Waals surface area contributed by atoms with Crippen molar-refractivity contribution in [3.8, 4) is 5.75 Å². The molecule has 2 aromatic carbocycles. The topological polar surface area (TPSA) is 73.2 Å². The van der Waals surface area contributed by atoms with Crippen molar-refractivity contribution >= 4 is 33.9 Å². The number of fused-ring (bicyclic) bond motifs is 1. The quantitative estimate of drug-likeness (QED) is 0.620. The highest BCUT2D eigenvalue weighted by Gasteiger charge is 2.31. The Kier molecular flexibility index (Phi) is 5.16. The summed E-state index contributed by atoms with van der Waals surface area (Å²) in [5, 5.41) is 1.66. The van der Waals surface area contributed by atoms with E-state index in [-0.39, 0.29) is 16.4 Å². The summed E-state index contributed by atoms with van der Waals surface area (Å²) in [6.45, 7) is 4.83. The zero-order valence-electron chi connectivity index (χ0n) is 15.1. The van der Waals surface area contributed by atoms with Crippen molar-refractivity contribution in [2.75, 3.05) is 0 Å². The van der Waals surface area contributed by atoms with Gasteiger partial charge in [-0.2, -0.15) is 0 Å². The van der Waals surface area contributed by atoms with Crippen LogP contribution in [0, 0.1) is 0 Å². The molecule has 1 aliphatic rings. The number of imide groups is 1. The molecule has 142 valence electrons. The lowest BCUT2D eigenvalue weighted by molar-refractivity contribution is -0.118. The third-order valence-corrected chi connectivity index (χ3v) is 5.51. The number of allylic oxidation sites excluding steroid dienone is 1. The van der Waals surface area contributed by atoms with E-state index >= 15 is 0 Å². The van der Waals surface area contributed by atoms with Crippen LogP contribution in [-0.4, -0.2) is 25.9 Å². The van der Waals surface area contributed by atoms with Gasteiger partial charge in [0.1, 0.15) is 18.2 Å². The number of para-hydroxylation sites is 2. The van der Waals surface area contributed by atoms with E-state index in [0.29, 0.717) is 19.6 Å². The molecule has 0 spiro atoms. The molecule has 1 fully saturated rings. The molecule has 1 aromatic heterocycles. The van der Waals surface area contributed by atoms with Crippen LogP contribution in [0.25, 0.3) is 11.0 Å². The molecule has 4 rings (SSSR count). The summed E-state index contributed by atoms with van der Waals surface area (Å²) in [6.07, 6.45) is 2.35.